The van der Waals surface area contributed by atoms with Crippen molar-refractivity contribution in [2.45, 2.75) is 18.1 Å². The number of hydrogen-bond donors (Lipinski definition) is 3. The summed E-state index contributed by atoms with van der Waals surface area (Å²) in [5.74, 6) is -1.98. The van der Waals surface area contributed by atoms with Gasteiger partial charge in [0.15, 0.2) is 6.04 Å². The summed E-state index contributed by atoms with van der Waals surface area (Å²) in [6.07, 6.45) is 0. The van der Waals surface area contributed by atoms with Gasteiger partial charge in [0.05, 0.1) is 6.54 Å². The Bertz CT molecular complexity index is 778. The number of aliphatic carboxylic acids is 1. The third-order valence-corrected chi connectivity index (χ3v) is 5.00. The Morgan fingerprint density at radius 3 is 2.52 bits per heavy atom. The fraction of sp³-hybridized carbons (Fsp3) is 0.235. The number of carboxylic acids is 1. The molecule has 0 spiro atoms. The zero-order valence-corrected chi connectivity index (χ0v) is 14.0. The molecule has 4 N–H and O–H groups in total. The number of carbonyl (C=O) groups excluding carboxylic acids is 2. The topological polar surface area (TPSA) is 113 Å². The third kappa shape index (κ3) is 3.40. The zero-order chi connectivity index (χ0) is 18.0. The number of nitrogens with zero attached hydrogens (tertiary/aromatic N) is 1. The summed E-state index contributed by atoms with van der Waals surface area (Å²) in [5, 5.41) is 13.8. The van der Waals surface area contributed by atoms with Gasteiger partial charge in [-0.2, -0.15) is 0 Å². The van der Waals surface area contributed by atoms with Crippen LogP contribution in [-0.4, -0.2) is 40.4 Å². The van der Waals surface area contributed by atoms with E-state index in [4.69, 9.17) is 5.73 Å². The van der Waals surface area contributed by atoms with Crippen LogP contribution < -0.4 is 11.1 Å². The van der Waals surface area contributed by atoms with Crippen LogP contribution in [0.3, 0.4) is 0 Å². The van der Waals surface area contributed by atoms with E-state index in [1.807, 2.05) is 6.07 Å². The van der Waals surface area contributed by atoms with Gasteiger partial charge >= 0.3 is 5.97 Å². The number of nitrogens with two attached hydrogens (primary N) is 1. The highest BCUT2D eigenvalue weighted by Gasteiger charge is 2.45. The Balaban J connectivity index is 1.63. The molecular formula is C17H17N3O4S. The lowest BCUT2D eigenvalue weighted by Crippen LogP contribution is -2.65. The van der Waals surface area contributed by atoms with Crippen LogP contribution in [0.15, 0.2) is 47.8 Å². The van der Waals surface area contributed by atoms with Gasteiger partial charge in [-0.05, 0) is 17.0 Å². The molecule has 1 aliphatic rings. The van der Waals surface area contributed by atoms with Crippen LogP contribution in [0.4, 0.5) is 0 Å². The number of β-lactam (4-membered cyclic amide) rings is 1. The summed E-state index contributed by atoms with van der Waals surface area (Å²) >= 11 is 1.27. The number of thiophene rings is 1. The molecule has 7 nitrogen and oxygen atoms in total. The summed E-state index contributed by atoms with van der Waals surface area (Å²) in [5.41, 5.74) is 6.55. The van der Waals surface area contributed by atoms with Crippen molar-refractivity contribution in [2.24, 2.45) is 5.73 Å². The van der Waals surface area contributed by atoms with Gasteiger partial charge in [0.1, 0.15) is 12.1 Å². The fourth-order valence-corrected chi connectivity index (χ4v) is 3.55. The number of carboxylic acid groups (broad SMARTS) is 1. The molecule has 1 aliphatic heterocycles. The zero-order valence-electron chi connectivity index (χ0n) is 13.2. The first-order valence-corrected chi connectivity index (χ1v) is 8.54. The minimum Gasteiger partial charge on any atom is -0.479 e. The molecule has 3 atom stereocenters. The molecule has 0 radical (unpaired) electrons. The first-order chi connectivity index (χ1) is 12.0. The monoisotopic (exact) mass is 359 g/mol. The van der Waals surface area contributed by atoms with Gasteiger partial charge in [0.2, 0.25) is 11.8 Å². The molecule has 1 saturated heterocycles. The Hall–Kier alpha value is -2.71. The summed E-state index contributed by atoms with van der Waals surface area (Å²) in [4.78, 5) is 37.8. The number of nitrogens with one attached hydrogen (secondary N) is 1. The van der Waals surface area contributed by atoms with E-state index in [0.29, 0.717) is 10.4 Å². The van der Waals surface area contributed by atoms with Crippen molar-refractivity contribution in [1.82, 2.24) is 10.2 Å². The maximum absolute atomic E-state index is 12.3. The summed E-state index contributed by atoms with van der Waals surface area (Å²) in [7, 11) is 0. The maximum Gasteiger partial charge on any atom is 0.331 e. The molecule has 2 heterocycles. The number of amides is 2. The third-order valence-electron chi connectivity index (χ3n) is 4.08. The molecule has 25 heavy (non-hydrogen) atoms. The standard InChI is InChI=1S/C17H17N3O4S/c18-13(10-5-2-1-3-6-10)15(21)19-11-9-20(16(11)22)14(17(23)24)12-7-4-8-25-12/h1-8,11,13-14H,9,18H2,(H,19,21)(H,23,24). The predicted octanol–water partition coefficient (Wildman–Crippen LogP) is 0.901. The van der Waals surface area contributed by atoms with Gasteiger partial charge in [-0.25, -0.2) is 4.79 Å². The quantitative estimate of drug-likeness (QED) is 0.663. The number of likely N-dealkylation sites (tertiary alicyclic amines) is 1. The van der Waals surface area contributed by atoms with Crippen molar-refractivity contribution < 1.29 is 19.5 Å². The van der Waals surface area contributed by atoms with Gasteiger partial charge in [-0.1, -0.05) is 36.4 Å². The molecule has 1 fully saturated rings. The fourth-order valence-electron chi connectivity index (χ4n) is 2.72. The van der Waals surface area contributed by atoms with Gasteiger partial charge in [0, 0.05) is 4.88 Å². The predicted molar refractivity (Wildman–Crippen MR) is 91.7 cm³/mol. The van der Waals surface area contributed by atoms with E-state index in [1.54, 1.807) is 41.8 Å². The van der Waals surface area contributed by atoms with E-state index in [9.17, 15) is 19.5 Å². The van der Waals surface area contributed by atoms with Crippen molar-refractivity contribution in [3.8, 4) is 0 Å². The Morgan fingerprint density at radius 1 is 1.24 bits per heavy atom. The maximum atomic E-state index is 12.3. The van der Waals surface area contributed by atoms with Crippen LogP contribution in [0.2, 0.25) is 0 Å². The van der Waals surface area contributed by atoms with Gasteiger partial charge in [0.25, 0.3) is 0 Å². The Morgan fingerprint density at radius 2 is 1.96 bits per heavy atom. The lowest BCUT2D eigenvalue weighted by molar-refractivity contribution is -0.160. The molecular weight excluding hydrogens is 342 g/mol. The lowest BCUT2D eigenvalue weighted by Gasteiger charge is -2.42. The average Bonchev–Trinajstić information content (AvgIpc) is 3.14. The van der Waals surface area contributed by atoms with E-state index in [-0.39, 0.29) is 6.54 Å². The van der Waals surface area contributed by atoms with E-state index in [0.717, 1.165) is 0 Å². The molecule has 0 aliphatic carbocycles. The highest BCUT2D eigenvalue weighted by atomic mass is 32.1. The largest absolute Gasteiger partial charge is 0.479 e. The van der Waals surface area contributed by atoms with Crippen LogP contribution in [0, 0.1) is 0 Å². The van der Waals surface area contributed by atoms with Gasteiger partial charge in [-0.3, -0.25) is 9.59 Å². The van der Waals surface area contributed by atoms with Crippen LogP contribution >= 0.6 is 11.3 Å². The second kappa shape index (κ2) is 7.04. The van der Waals surface area contributed by atoms with Crippen molar-refractivity contribution in [2.75, 3.05) is 6.54 Å². The Kier molecular flexibility index (Phi) is 4.82. The second-order valence-corrected chi connectivity index (χ2v) is 6.68. The highest BCUT2D eigenvalue weighted by molar-refractivity contribution is 7.10. The smallest absolute Gasteiger partial charge is 0.331 e. The van der Waals surface area contributed by atoms with Crippen molar-refractivity contribution >= 4 is 29.1 Å². The molecule has 3 unspecified atom stereocenters. The molecule has 0 bridgehead atoms. The van der Waals surface area contributed by atoms with E-state index in [1.165, 1.54) is 16.2 Å². The number of hydrogen-bond acceptors (Lipinski definition) is 5. The molecule has 130 valence electrons. The molecule has 2 aromatic rings. The normalized spacial score (nSPS) is 19.0. The first kappa shape index (κ1) is 17.1. The lowest BCUT2D eigenvalue weighted by atomic mass is 10.0. The summed E-state index contributed by atoms with van der Waals surface area (Å²) in [6, 6.07) is 9.59. The minimum absolute atomic E-state index is 0.140. The SMILES string of the molecule is NC(C(=O)NC1CN(C(C(=O)O)c2cccs2)C1=O)c1ccccc1. The summed E-state index contributed by atoms with van der Waals surface area (Å²) in [6.45, 7) is 0.140. The molecule has 3 rings (SSSR count). The van der Waals surface area contributed by atoms with Crippen molar-refractivity contribution in [1.29, 1.82) is 0 Å². The van der Waals surface area contributed by atoms with Crippen LogP contribution in [0.1, 0.15) is 22.5 Å². The van der Waals surface area contributed by atoms with Gasteiger partial charge < -0.3 is 21.1 Å². The van der Waals surface area contributed by atoms with Crippen molar-refractivity contribution in [3.63, 3.8) is 0 Å². The minimum atomic E-state index is -1.10. The molecule has 2 amide bonds. The number of rotatable bonds is 6. The molecule has 1 aromatic heterocycles. The Labute approximate surface area is 148 Å². The molecule has 1 aromatic carbocycles. The van der Waals surface area contributed by atoms with Crippen LogP contribution in [-0.2, 0) is 14.4 Å². The molecule has 8 heteroatoms. The first-order valence-electron chi connectivity index (χ1n) is 7.66. The second-order valence-electron chi connectivity index (χ2n) is 5.70. The van der Waals surface area contributed by atoms with E-state index < -0.39 is 35.9 Å². The number of carbonyl (C=O) groups is 3. The average molecular weight is 359 g/mol. The van der Waals surface area contributed by atoms with Gasteiger partial charge in [-0.15, -0.1) is 11.3 Å². The number of benzene rings is 1. The van der Waals surface area contributed by atoms with Crippen molar-refractivity contribution in [3.05, 3.63) is 58.3 Å². The van der Waals surface area contributed by atoms with E-state index >= 15 is 0 Å². The summed E-state index contributed by atoms with van der Waals surface area (Å²) < 4.78 is 0. The van der Waals surface area contributed by atoms with Crippen LogP contribution in [0.5, 0.6) is 0 Å². The molecule has 0 saturated carbocycles. The highest BCUT2D eigenvalue weighted by Crippen LogP contribution is 2.30. The van der Waals surface area contributed by atoms with Crippen LogP contribution in [0.25, 0.3) is 0 Å². The van der Waals surface area contributed by atoms with E-state index in [2.05, 4.69) is 5.32 Å².